The van der Waals surface area contributed by atoms with Crippen LogP contribution in [0.2, 0.25) is 0 Å². The highest BCUT2D eigenvalue weighted by atomic mass is 16.5. The van der Waals surface area contributed by atoms with E-state index in [0.717, 1.165) is 18.4 Å². The number of hydrogen-bond donors (Lipinski definition) is 1. The molecule has 0 aliphatic carbocycles. The minimum Gasteiger partial charge on any atom is -0.334 e. The van der Waals surface area contributed by atoms with Crippen molar-refractivity contribution < 1.29 is 4.52 Å². The van der Waals surface area contributed by atoms with Gasteiger partial charge in [0, 0.05) is 13.2 Å². The van der Waals surface area contributed by atoms with Gasteiger partial charge in [-0.05, 0) is 6.42 Å². The Labute approximate surface area is 93.4 Å². The zero-order valence-electron chi connectivity index (χ0n) is 9.42. The largest absolute Gasteiger partial charge is 0.334 e. The van der Waals surface area contributed by atoms with Crippen molar-refractivity contribution in [3.8, 4) is 11.5 Å². The molecule has 2 aromatic heterocycles. The maximum atomic E-state index is 5.90. The molecule has 2 aromatic rings. The molecule has 1 atom stereocenters. The first-order chi connectivity index (χ1) is 7.70. The van der Waals surface area contributed by atoms with Gasteiger partial charge in [0.15, 0.2) is 5.82 Å². The number of aryl methyl sites for hydroxylation is 1. The lowest BCUT2D eigenvalue weighted by Gasteiger charge is -2.02. The lowest BCUT2D eigenvalue weighted by atomic mass is 10.2. The summed E-state index contributed by atoms with van der Waals surface area (Å²) >= 11 is 0. The molecule has 0 radical (unpaired) electrons. The molecule has 0 amide bonds. The second-order valence-corrected chi connectivity index (χ2v) is 3.76. The van der Waals surface area contributed by atoms with Crippen LogP contribution < -0.4 is 5.73 Å². The van der Waals surface area contributed by atoms with Crippen molar-refractivity contribution in [1.82, 2.24) is 19.9 Å². The Balaban J connectivity index is 2.19. The molecular formula is C10H15N5O. The van der Waals surface area contributed by atoms with Crippen molar-refractivity contribution in [3.05, 3.63) is 18.2 Å². The lowest BCUT2D eigenvalue weighted by Crippen LogP contribution is -2.11. The Morgan fingerprint density at radius 1 is 1.56 bits per heavy atom. The minimum absolute atomic E-state index is 0.154. The summed E-state index contributed by atoms with van der Waals surface area (Å²) in [6.07, 6.45) is 5.36. The third-order valence-electron chi connectivity index (χ3n) is 2.32. The van der Waals surface area contributed by atoms with E-state index in [1.807, 2.05) is 13.2 Å². The van der Waals surface area contributed by atoms with Crippen LogP contribution in [0.3, 0.4) is 0 Å². The van der Waals surface area contributed by atoms with E-state index in [2.05, 4.69) is 22.2 Å². The first-order valence-corrected chi connectivity index (χ1v) is 5.29. The molecule has 2 heterocycles. The van der Waals surface area contributed by atoms with Crippen LogP contribution in [0.1, 0.15) is 31.6 Å². The summed E-state index contributed by atoms with van der Waals surface area (Å²) in [5, 5.41) is 7.91. The van der Waals surface area contributed by atoms with Gasteiger partial charge in [0.2, 0.25) is 0 Å². The van der Waals surface area contributed by atoms with Gasteiger partial charge in [-0.2, -0.15) is 10.1 Å². The zero-order valence-corrected chi connectivity index (χ0v) is 9.42. The molecule has 0 saturated carbocycles. The highest BCUT2D eigenvalue weighted by molar-refractivity contribution is 5.49. The molecule has 0 aliphatic heterocycles. The van der Waals surface area contributed by atoms with Crippen LogP contribution in [-0.2, 0) is 7.05 Å². The Morgan fingerprint density at radius 3 is 3.00 bits per heavy atom. The summed E-state index contributed by atoms with van der Waals surface area (Å²) < 4.78 is 6.82. The van der Waals surface area contributed by atoms with Crippen LogP contribution in [0.25, 0.3) is 11.5 Å². The Morgan fingerprint density at radius 2 is 2.38 bits per heavy atom. The van der Waals surface area contributed by atoms with Crippen molar-refractivity contribution in [2.24, 2.45) is 12.8 Å². The monoisotopic (exact) mass is 221 g/mol. The fourth-order valence-corrected chi connectivity index (χ4v) is 1.47. The Kier molecular flexibility index (Phi) is 3.00. The van der Waals surface area contributed by atoms with E-state index >= 15 is 0 Å². The van der Waals surface area contributed by atoms with Crippen molar-refractivity contribution in [3.63, 3.8) is 0 Å². The molecule has 6 heteroatoms. The second kappa shape index (κ2) is 4.44. The quantitative estimate of drug-likeness (QED) is 0.840. The summed E-state index contributed by atoms with van der Waals surface area (Å²) in [5.74, 6) is 1.02. The van der Waals surface area contributed by atoms with Crippen LogP contribution >= 0.6 is 0 Å². The highest BCUT2D eigenvalue weighted by Crippen LogP contribution is 2.19. The van der Waals surface area contributed by atoms with Gasteiger partial charge >= 0.3 is 0 Å². The molecule has 6 nitrogen and oxygen atoms in total. The fourth-order valence-electron chi connectivity index (χ4n) is 1.47. The van der Waals surface area contributed by atoms with Gasteiger partial charge < -0.3 is 10.3 Å². The van der Waals surface area contributed by atoms with Gasteiger partial charge in [0.25, 0.3) is 5.89 Å². The van der Waals surface area contributed by atoms with E-state index < -0.39 is 0 Å². The maximum Gasteiger partial charge on any atom is 0.261 e. The number of aromatic nitrogens is 4. The average Bonchev–Trinajstić information content (AvgIpc) is 2.85. The van der Waals surface area contributed by atoms with Gasteiger partial charge in [0.1, 0.15) is 0 Å². The van der Waals surface area contributed by atoms with Crippen LogP contribution in [0.5, 0.6) is 0 Å². The Hall–Kier alpha value is -1.69. The van der Waals surface area contributed by atoms with Gasteiger partial charge in [0.05, 0.1) is 17.8 Å². The van der Waals surface area contributed by atoms with E-state index in [4.69, 9.17) is 10.3 Å². The highest BCUT2D eigenvalue weighted by Gasteiger charge is 2.15. The van der Waals surface area contributed by atoms with E-state index in [9.17, 15) is 0 Å². The lowest BCUT2D eigenvalue weighted by molar-refractivity contribution is 0.413. The third kappa shape index (κ3) is 2.11. The van der Waals surface area contributed by atoms with E-state index in [1.54, 1.807) is 10.9 Å². The summed E-state index contributed by atoms with van der Waals surface area (Å²) in [7, 11) is 1.84. The molecule has 0 bridgehead atoms. The Bertz CT molecular complexity index is 461. The predicted octanol–water partition coefficient (Wildman–Crippen LogP) is 1.27. The first kappa shape index (κ1) is 10.8. The van der Waals surface area contributed by atoms with Crippen molar-refractivity contribution in [2.45, 2.75) is 25.8 Å². The van der Waals surface area contributed by atoms with Gasteiger partial charge in [-0.1, -0.05) is 18.5 Å². The topological polar surface area (TPSA) is 82.8 Å². The maximum absolute atomic E-state index is 5.90. The van der Waals surface area contributed by atoms with Crippen molar-refractivity contribution >= 4 is 0 Å². The smallest absolute Gasteiger partial charge is 0.261 e. The predicted molar refractivity (Wildman–Crippen MR) is 58.3 cm³/mol. The number of nitrogens with two attached hydrogens (primary N) is 1. The van der Waals surface area contributed by atoms with Crippen LogP contribution in [0, 0.1) is 0 Å². The standard InChI is InChI=1S/C10H15N5O/c1-3-4-8(11)9-13-10(16-14-9)7-5-12-15(2)6-7/h5-6,8H,3-4,11H2,1-2H3. The van der Waals surface area contributed by atoms with E-state index in [1.165, 1.54) is 0 Å². The van der Waals surface area contributed by atoms with Crippen LogP contribution in [0.4, 0.5) is 0 Å². The van der Waals surface area contributed by atoms with Gasteiger partial charge in [-0.25, -0.2) is 0 Å². The summed E-state index contributed by atoms with van der Waals surface area (Å²) in [6, 6.07) is -0.154. The first-order valence-electron chi connectivity index (χ1n) is 5.29. The van der Waals surface area contributed by atoms with E-state index in [0.29, 0.717) is 11.7 Å². The molecular weight excluding hydrogens is 206 g/mol. The molecule has 0 spiro atoms. The summed E-state index contributed by atoms with van der Waals surface area (Å²) in [5.41, 5.74) is 6.71. The SMILES string of the molecule is CCCC(N)c1noc(-c2cnn(C)c2)n1. The van der Waals surface area contributed by atoms with Crippen molar-refractivity contribution in [1.29, 1.82) is 0 Å². The minimum atomic E-state index is -0.154. The third-order valence-corrected chi connectivity index (χ3v) is 2.32. The molecule has 2 rings (SSSR count). The number of nitrogens with zero attached hydrogens (tertiary/aromatic N) is 4. The van der Waals surface area contributed by atoms with E-state index in [-0.39, 0.29) is 6.04 Å². The normalized spacial score (nSPS) is 12.9. The molecule has 0 aromatic carbocycles. The molecule has 16 heavy (non-hydrogen) atoms. The van der Waals surface area contributed by atoms with Crippen LogP contribution in [0.15, 0.2) is 16.9 Å². The van der Waals surface area contributed by atoms with Crippen LogP contribution in [-0.4, -0.2) is 19.9 Å². The van der Waals surface area contributed by atoms with Gasteiger partial charge in [-0.15, -0.1) is 0 Å². The molecule has 1 unspecified atom stereocenters. The molecule has 0 saturated heterocycles. The molecule has 2 N–H and O–H groups in total. The molecule has 0 aliphatic rings. The number of hydrogen-bond acceptors (Lipinski definition) is 5. The average molecular weight is 221 g/mol. The second-order valence-electron chi connectivity index (χ2n) is 3.76. The number of rotatable bonds is 4. The summed E-state index contributed by atoms with van der Waals surface area (Å²) in [6.45, 7) is 2.07. The molecule has 0 fully saturated rings. The summed E-state index contributed by atoms with van der Waals surface area (Å²) in [4.78, 5) is 4.26. The zero-order chi connectivity index (χ0) is 11.5. The van der Waals surface area contributed by atoms with Crippen molar-refractivity contribution in [2.75, 3.05) is 0 Å². The fraction of sp³-hybridized carbons (Fsp3) is 0.500. The molecule has 86 valence electrons. The van der Waals surface area contributed by atoms with Gasteiger partial charge in [-0.3, -0.25) is 4.68 Å².